The Morgan fingerprint density at radius 2 is 2.05 bits per heavy atom. The summed E-state index contributed by atoms with van der Waals surface area (Å²) in [4.78, 5) is 2.77. The summed E-state index contributed by atoms with van der Waals surface area (Å²) in [6.07, 6.45) is 5.32. The normalized spacial score (nSPS) is 36.5. The second kappa shape index (κ2) is 7.77. The second-order valence-electron chi connectivity index (χ2n) is 6.92. The first-order chi connectivity index (χ1) is 9.67. The van der Waals surface area contributed by atoms with Crippen LogP contribution in [0.1, 0.15) is 53.4 Å². The molecule has 0 radical (unpaired) electrons. The van der Waals surface area contributed by atoms with E-state index in [0.29, 0.717) is 18.1 Å². The third-order valence-electron chi connectivity index (χ3n) is 5.44. The van der Waals surface area contributed by atoms with Gasteiger partial charge in [-0.3, -0.25) is 4.90 Å². The molecule has 0 bridgehead atoms. The molecule has 3 nitrogen and oxygen atoms in total. The van der Waals surface area contributed by atoms with Crippen LogP contribution in [0, 0.1) is 11.8 Å². The molecule has 3 heteroatoms. The number of nitrogens with zero attached hydrogens (tertiary/aromatic N) is 1. The van der Waals surface area contributed by atoms with Crippen LogP contribution in [0.3, 0.4) is 0 Å². The summed E-state index contributed by atoms with van der Waals surface area (Å²) in [5.41, 5.74) is 0. The minimum atomic E-state index is 0.626. The van der Waals surface area contributed by atoms with Crippen LogP contribution in [0.15, 0.2) is 0 Å². The Morgan fingerprint density at radius 1 is 1.25 bits per heavy atom. The molecule has 4 atom stereocenters. The molecular formula is C17H34N2O. The molecule has 20 heavy (non-hydrogen) atoms. The van der Waals surface area contributed by atoms with E-state index in [1.165, 1.54) is 25.7 Å². The topological polar surface area (TPSA) is 24.5 Å². The van der Waals surface area contributed by atoms with E-state index in [0.717, 1.165) is 38.1 Å². The number of rotatable bonds is 5. The van der Waals surface area contributed by atoms with E-state index in [1.54, 1.807) is 0 Å². The molecule has 1 saturated heterocycles. The smallest absolute Gasteiger partial charge is 0.0622 e. The van der Waals surface area contributed by atoms with Crippen molar-refractivity contribution in [2.45, 2.75) is 71.5 Å². The number of ether oxygens (including phenoxy) is 1. The molecule has 0 spiro atoms. The van der Waals surface area contributed by atoms with Gasteiger partial charge in [0.05, 0.1) is 13.2 Å². The van der Waals surface area contributed by atoms with Crippen LogP contribution in [0.5, 0.6) is 0 Å². The molecule has 2 aliphatic rings. The van der Waals surface area contributed by atoms with E-state index >= 15 is 0 Å². The fourth-order valence-electron chi connectivity index (χ4n) is 4.11. The van der Waals surface area contributed by atoms with Crippen LogP contribution in [0.4, 0.5) is 0 Å². The van der Waals surface area contributed by atoms with Crippen LogP contribution in [-0.4, -0.2) is 49.3 Å². The van der Waals surface area contributed by atoms with Gasteiger partial charge in [0.25, 0.3) is 0 Å². The highest BCUT2D eigenvalue weighted by molar-refractivity contribution is 4.94. The Labute approximate surface area is 125 Å². The van der Waals surface area contributed by atoms with E-state index in [1.807, 2.05) is 0 Å². The van der Waals surface area contributed by atoms with Crippen LogP contribution in [-0.2, 0) is 4.74 Å². The van der Waals surface area contributed by atoms with Crippen molar-refractivity contribution in [3.05, 3.63) is 0 Å². The van der Waals surface area contributed by atoms with E-state index in [9.17, 15) is 0 Å². The molecule has 1 saturated carbocycles. The Balaban J connectivity index is 2.08. The van der Waals surface area contributed by atoms with Gasteiger partial charge in [0.15, 0.2) is 0 Å². The maximum absolute atomic E-state index is 5.70. The lowest BCUT2D eigenvalue weighted by atomic mass is 9.76. The molecule has 1 heterocycles. The summed E-state index contributed by atoms with van der Waals surface area (Å²) < 4.78 is 5.70. The number of nitrogens with one attached hydrogen (secondary N) is 1. The molecule has 4 unspecified atom stereocenters. The SMILES string of the molecule is CCNC1CCC(C(C)C)CC1N1CCOCC1CC. The first kappa shape index (κ1) is 16.3. The summed E-state index contributed by atoms with van der Waals surface area (Å²) in [5.74, 6) is 1.72. The highest BCUT2D eigenvalue weighted by Gasteiger charge is 2.38. The van der Waals surface area contributed by atoms with Gasteiger partial charge in [-0.1, -0.05) is 27.7 Å². The minimum absolute atomic E-state index is 0.626. The molecule has 2 fully saturated rings. The predicted molar refractivity (Wildman–Crippen MR) is 85.0 cm³/mol. The van der Waals surface area contributed by atoms with Crippen molar-refractivity contribution in [1.29, 1.82) is 0 Å². The standard InChI is InChI=1S/C17H34N2O/c1-5-15-12-20-10-9-19(15)17-11-14(13(3)4)7-8-16(17)18-6-2/h13-18H,5-12H2,1-4H3. The molecule has 0 aromatic heterocycles. The fraction of sp³-hybridized carbons (Fsp3) is 1.00. The van der Waals surface area contributed by atoms with E-state index in [-0.39, 0.29) is 0 Å². The zero-order chi connectivity index (χ0) is 14.5. The van der Waals surface area contributed by atoms with Crippen molar-refractivity contribution in [1.82, 2.24) is 10.2 Å². The number of hydrogen-bond acceptors (Lipinski definition) is 3. The first-order valence-corrected chi connectivity index (χ1v) is 8.74. The van der Waals surface area contributed by atoms with Crippen molar-refractivity contribution < 1.29 is 4.74 Å². The largest absolute Gasteiger partial charge is 0.378 e. The van der Waals surface area contributed by atoms with Crippen molar-refractivity contribution in [3.8, 4) is 0 Å². The number of hydrogen-bond donors (Lipinski definition) is 1. The summed E-state index contributed by atoms with van der Waals surface area (Å²) in [5, 5.41) is 3.75. The molecule has 1 N–H and O–H groups in total. The molecule has 1 aliphatic heterocycles. The molecular weight excluding hydrogens is 248 g/mol. The molecule has 1 aliphatic carbocycles. The van der Waals surface area contributed by atoms with Crippen molar-refractivity contribution >= 4 is 0 Å². The van der Waals surface area contributed by atoms with Crippen molar-refractivity contribution in [2.75, 3.05) is 26.3 Å². The maximum atomic E-state index is 5.70. The predicted octanol–water partition coefficient (Wildman–Crippen LogP) is 2.90. The number of likely N-dealkylation sites (N-methyl/N-ethyl adjacent to an activating group) is 1. The van der Waals surface area contributed by atoms with Crippen LogP contribution in [0.25, 0.3) is 0 Å². The highest BCUT2D eigenvalue weighted by Crippen LogP contribution is 2.34. The maximum Gasteiger partial charge on any atom is 0.0622 e. The second-order valence-corrected chi connectivity index (χ2v) is 6.92. The first-order valence-electron chi connectivity index (χ1n) is 8.74. The van der Waals surface area contributed by atoms with Crippen molar-refractivity contribution in [2.24, 2.45) is 11.8 Å². The summed E-state index contributed by atoms with van der Waals surface area (Å²) in [6, 6.07) is 2.02. The Morgan fingerprint density at radius 3 is 2.70 bits per heavy atom. The summed E-state index contributed by atoms with van der Waals surface area (Å²) >= 11 is 0. The van der Waals surface area contributed by atoms with Gasteiger partial charge in [-0.2, -0.15) is 0 Å². The van der Waals surface area contributed by atoms with Gasteiger partial charge < -0.3 is 10.1 Å². The van der Waals surface area contributed by atoms with Crippen LogP contribution < -0.4 is 5.32 Å². The Bertz CT molecular complexity index is 282. The van der Waals surface area contributed by atoms with E-state index in [4.69, 9.17) is 4.74 Å². The molecule has 0 amide bonds. The monoisotopic (exact) mass is 282 g/mol. The quantitative estimate of drug-likeness (QED) is 0.839. The van der Waals surface area contributed by atoms with Gasteiger partial charge in [-0.15, -0.1) is 0 Å². The third-order valence-corrected chi connectivity index (χ3v) is 5.44. The minimum Gasteiger partial charge on any atom is -0.378 e. The van der Waals surface area contributed by atoms with Crippen LogP contribution in [0.2, 0.25) is 0 Å². The van der Waals surface area contributed by atoms with Gasteiger partial charge in [0, 0.05) is 24.7 Å². The summed E-state index contributed by atoms with van der Waals surface area (Å²) in [7, 11) is 0. The van der Waals surface area contributed by atoms with Gasteiger partial charge >= 0.3 is 0 Å². The lowest BCUT2D eigenvalue weighted by Crippen LogP contribution is -2.59. The Kier molecular flexibility index (Phi) is 6.31. The van der Waals surface area contributed by atoms with Crippen molar-refractivity contribution in [3.63, 3.8) is 0 Å². The average molecular weight is 282 g/mol. The zero-order valence-corrected chi connectivity index (χ0v) is 13.9. The molecule has 0 aromatic rings. The van der Waals surface area contributed by atoms with E-state index < -0.39 is 0 Å². The van der Waals surface area contributed by atoms with Gasteiger partial charge in [0.1, 0.15) is 0 Å². The highest BCUT2D eigenvalue weighted by atomic mass is 16.5. The number of morpholine rings is 1. The van der Waals surface area contributed by atoms with E-state index in [2.05, 4.69) is 37.9 Å². The lowest BCUT2D eigenvalue weighted by molar-refractivity contribution is -0.0517. The Hall–Kier alpha value is -0.120. The third kappa shape index (κ3) is 3.75. The lowest BCUT2D eigenvalue weighted by Gasteiger charge is -2.48. The summed E-state index contributed by atoms with van der Waals surface area (Å²) in [6.45, 7) is 13.4. The average Bonchev–Trinajstić information content (AvgIpc) is 2.47. The zero-order valence-electron chi connectivity index (χ0n) is 13.9. The molecule has 2 rings (SSSR count). The van der Waals surface area contributed by atoms with Gasteiger partial charge in [-0.05, 0) is 44.1 Å². The molecule has 0 aromatic carbocycles. The van der Waals surface area contributed by atoms with Gasteiger partial charge in [-0.25, -0.2) is 0 Å². The van der Waals surface area contributed by atoms with Gasteiger partial charge in [0.2, 0.25) is 0 Å². The fourth-order valence-corrected chi connectivity index (χ4v) is 4.11. The molecule has 118 valence electrons. The van der Waals surface area contributed by atoms with Crippen LogP contribution >= 0.6 is 0 Å².